The molecule has 0 unspecified atom stereocenters. The monoisotopic (exact) mass is 339 g/mol. The largest absolute Gasteiger partial charge is 0.486 e. The molecule has 6 heteroatoms. The molecule has 0 saturated heterocycles. The number of fused-ring (bicyclic) bond motifs is 1. The second-order valence-corrected chi connectivity index (χ2v) is 6.45. The van der Waals surface area contributed by atoms with Crippen LogP contribution in [0, 0.1) is 0 Å². The van der Waals surface area contributed by atoms with Crippen LogP contribution < -0.4 is 14.8 Å². The van der Waals surface area contributed by atoms with E-state index in [4.69, 9.17) is 25.8 Å². The van der Waals surface area contributed by atoms with Crippen molar-refractivity contribution in [2.45, 2.75) is 44.2 Å². The Balaban J connectivity index is 1.58. The third-order valence-corrected chi connectivity index (χ3v) is 4.79. The zero-order chi connectivity index (χ0) is 16.2. The lowest BCUT2D eigenvalue weighted by Gasteiger charge is -2.28. The molecule has 0 bridgehead atoms. The molecule has 5 nitrogen and oxygen atoms in total. The van der Waals surface area contributed by atoms with E-state index in [9.17, 15) is 4.79 Å². The summed E-state index contributed by atoms with van der Waals surface area (Å²) in [5.41, 5.74) is 0.763. The van der Waals surface area contributed by atoms with Gasteiger partial charge in [-0.05, 0) is 37.3 Å². The van der Waals surface area contributed by atoms with E-state index in [2.05, 4.69) is 5.32 Å². The normalized spacial score (nSPS) is 23.4. The highest BCUT2D eigenvalue weighted by molar-refractivity contribution is 6.31. The molecule has 1 aromatic carbocycles. The van der Waals surface area contributed by atoms with Gasteiger partial charge in [0.25, 0.3) is 0 Å². The minimum atomic E-state index is -0.00977. The Morgan fingerprint density at radius 3 is 2.52 bits per heavy atom. The molecule has 1 aliphatic heterocycles. The van der Waals surface area contributed by atoms with Gasteiger partial charge in [-0.25, -0.2) is 0 Å². The van der Waals surface area contributed by atoms with Gasteiger partial charge >= 0.3 is 0 Å². The average molecular weight is 340 g/mol. The van der Waals surface area contributed by atoms with Crippen LogP contribution in [0.1, 0.15) is 31.2 Å². The summed E-state index contributed by atoms with van der Waals surface area (Å²) >= 11 is 6.25. The summed E-state index contributed by atoms with van der Waals surface area (Å²) in [6.07, 6.45) is 4.48. The first kappa shape index (κ1) is 16.4. The topological polar surface area (TPSA) is 56.8 Å². The zero-order valence-electron chi connectivity index (χ0n) is 13.3. The van der Waals surface area contributed by atoms with Gasteiger partial charge in [-0.1, -0.05) is 11.6 Å². The molecule has 1 saturated carbocycles. The number of methoxy groups -OCH3 is 1. The molecular weight excluding hydrogens is 318 g/mol. The zero-order valence-corrected chi connectivity index (χ0v) is 14.0. The van der Waals surface area contributed by atoms with Crippen molar-refractivity contribution in [2.75, 3.05) is 20.3 Å². The van der Waals surface area contributed by atoms with E-state index in [-0.39, 0.29) is 18.4 Å². The van der Waals surface area contributed by atoms with Gasteiger partial charge in [-0.15, -0.1) is 0 Å². The Morgan fingerprint density at radius 2 is 1.87 bits per heavy atom. The van der Waals surface area contributed by atoms with Crippen molar-refractivity contribution in [1.82, 2.24) is 5.32 Å². The van der Waals surface area contributed by atoms with E-state index in [0.717, 1.165) is 31.2 Å². The van der Waals surface area contributed by atoms with Crippen molar-refractivity contribution in [2.24, 2.45) is 0 Å². The molecule has 126 valence electrons. The van der Waals surface area contributed by atoms with Crippen molar-refractivity contribution in [3.63, 3.8) is 0 Å². The number of carbonyl (C=O) groups is 1. The highest BCUT2D eigenvalue weighted by Gasteiger charge is 2.23. The number of nitrogens with one attached hydrogen (secondary N) is 1. The minimum absolute atomic E-state index is 0.00977. The molecule has 23 heavy (non-hydrogen) atoms. The second-order valence-electron chi connectivity index (χ2n) is 6.04. The SMILES string of the molecule is COC1CCC(NC(=O)Cc2cc3c(cc2Cl)OCCO3)CC1. The number of carbonyl (C=O) groups excluding carboxylic acids is 1. The molecule has 2 aliphatic rings. The maximum absolute atomic E-state index is 12.3. The Kier molecular flexibility index (Phi) is 5.28. The van der Waals surface area contributed by atoms with Crippen LogP contribution in [0.5, 0.6) is 11.5 Å². The summed E-state index contributed by atoms with van der Waals surface area (Å²) in [5, 5.41) is 3.63. The number of hydrogen-bond acceptors (Lipinski definition) is 4. The van der Waals surface area contributed by atoms with Crippen molar-refractivity contribution in [3.8, 4) is 11.5 Å². The van der Waals surface area contributed by atoms with Gasteiger partial charge in [-0.2, -0.15) is 0 Å². The summed E-state index contributed by atoms with van der Waals surface area (Å²) in [5.74, 6) is 1.29. The van der Waals surface area contributed by atoms with Gasteiger partial charge in [0.1, 0.15) is 13.2 Å². The Labute approximate surface area is 141 Å². The van der Waals surface area contributed by atoms with Gasteiger partial charge < -0.3 is 19.5 Å². The molecule has 1 aliphatic carbocycles. The van der Waals surface area contributed by atoms with Crippen LogP contribution >= 0.6 is 11.6 Å². The van der Waals surface area contributed by atoms with Crippen molar-refractivity contribution in [1.29, 1.82) is 0 Å². The van der Waals surface area contributed by atoms with E-state index in [1.807, 2.05) is 0 Å². The van der Waals surface area contributed by atoms with Crippen LogP contribution in [-0.2, 0) is 16.0 Å². The second kappa shape index (κ2) is 7.41. The molecule has 1 amide bonds. The van der Waals surface area contributed by atoms with Crippen molar-refractivity contribution >= 4 is 17.5 Å². The van der Waals surface area contributed by atoms with Crippen molar-refractivity contribution in [3.05, 3.63) is 22.7 Å². The van der Waals surface area contributed by atoms with E-state index >= 15 is 0 Å². The first-order chi connectivity index (χ1) is 11.2. The third kappa shape index (κ3) is 4.09. The highest BCUT2D eigenvalue weighted by Crippen LogP contribution is 2.35. The molecule has 0 radical (unpaired) electrons. The lowest BCUT2D eigenvalue weighted by Crippen LogP contribution is -2.39. The Hall–Kier alpha value is -1.46. The van der Waals surface area contributed by atoms with Gasteiger partial charge in [-0.3, -0.25) is 4.79 Å². The van der Waals surface area contributed by atoms with Crippen LogP contribution in [0.4, 0.5) is 0 Å². The maximum Gasteiger partial charge on any atom is 0.224 e. The number of ether oxygens (including phenoxy) is 3. The fraction of sp³-hybridized carbons (Fsp3) is 0.588. The maximum atomic E-state index is 12.3. The smallest absolute Gasteiger partial charge is 0.224 e. The van der Waals surface area contributed by atoms with Crippen LogP contribution in [0.15, 0.2) is 12.1 Å². The fourth-order valence-electron chi connectivity index (χ4n) is 3.14. The van der Waals surface area contributed by atoms with Gasteiger partial charge in [0.05, 0.1) is 12.5 Å². The molecule has 3 rings (SSSR count). The summed E-state index contributed by atoms with van der Waals surface area (Å²) in [7, 11) is 1.74. The van der Waals surface area contributed by atoms with Crippen LogP contribution in [0.3, 0.4) is 0 Å². The first-order valence-corrected chi connectivity index (χ1v) is 8.43. The third-order valence-electron chi connectivity index (χ3n) is 4.43. The lowest BCUT2D eigenvalue weighted by molar-refractivity contribution is -0.121. The Bertz CT molecular complexity index is 570. The molecule has 1 fully saturated rings. The van der Waals surface area contributed by atoms with Crippen LogP contribution in [-0.4, -0.2) is 38.4 Å². The number of halogens is 1. The summed E-state index contributed by atoms with van der Waals surface area (Å²) in [6, 6.07) is 3.76. The Morgan fingerprint density at radius 1 is 1.22 bits per heavy atom. The molecular formula is C17H22ClNO4. The van der Waals surface area contributed by atoms with Gasteiger partial charge in [0.15, 0.2) is 11.5 Å². The average Bonchev–Trinajstić information content (AvgIpc) is 2.56. The summed E-state index contributed by atoms with van der Waals surface area (Å²) in [4.78, 5) is 12.3. The number of amides is 1. The fourth-order valence-corrected chi connectivity index (χ4v) is 3.36. The van der Waals surface area contributed by atoms with Crippen LogP contribution in [0.2, 0.25) is 5.02 Å². The molecule has 1 heterocycles. The molecule has 0 spiro atoms. The predicted molar refractivity (Wildman–Crippen MR) is 87.3 cm³/mol. The summed E-state index contributed by atoms with van der Waals surface area (Å²) in [6.45, 7) is 1.04. The molecule has 0 atom stereocenters. The van der Waals surface area contributed by atoms with Gasteiger partial charge in [0, 0.05) is 24.2 Å². The number of benzene rings is 1. The van der Waals surface area contributed by atoms with E-state index in [0.29, 0.717) is 35.8 Å². The lowest BCUT2D eigenvalue weighted by atomic mass is 9.93. The molecule has 1 aromatic rings. The first-order valence-electron chi connectivity index (χ1n) is 8.06. The summed E-state index contributed by atoms with van der Waals surface area (Å²) < 4.78 is 16.4. The molecule has 0 aromatic heterocycles. The number of hydrogen-bond donors (Lipinski definition) is 1. The van der Waals surface area contributed by atoms with Crippen molar-refractivity contribution < 1.29 is 19.0 Å². The minimum Gasteiger partial charge on any atom is -0.486 e. The molecule has 1 N–H and O–H groups in total. The predicted octanol–water partition coefficient (Wildman–Crippen LogP) is 2.73. The van der Waals surface area contributed by atoms with Gasteiger partial charge in [0.2, 0.25) is 5.91 Å². The van der Waals surface area contributed by atoms with E-state index in [1.165, 1.54) is 0 Å². The highest BCUT2D eigenvalue weighted by atomic mass is 35.5. The van der Waals surface area contributed by atoms with E-state index < -0.39 is 0 Å². The standard InChI is InChI=1S/C17H22ClNO4/c1-21-13-4-2-12(3-5-13)19-17(20)9-11-8-15-16(10-14(11)18)23-7-6-22-15/h8,10,12-13H,2-7,9H2,1H3,(H,19,20). The van der Waals surface area contributed by atoms with Crippen LogP contribution in [0.25, 0.3) is 0 Å². The number of rotatable bonds is 4. The quantitative estimate of drug-likeness (QED) is 0.916. The van der Waals surface area contributed by atoms with E-state index in [1.54, 1.807) is 19.2 Å².